The van der Waals surface area contributed by atoms with Crippen molar-refractivity contribution in [1.82, 2.24) is 10.2 Å². The third-order valence-corrected chi connectivity index (χ3v) is 3.52. The van der Waals surface area contributed by atoms with Gasteiger partial charge in [-0.3, -0.25) is 4.79 Å². The number of aromatic nitrogens is 2. The summed E-state index contributed by atoms with van der Waals surface area (Å²) in [5.41, 5.74) is -0.226. The topological polar surface area (TPSA) is 66.9 Å². The number of halogens is 3. The molecule has 0 spiro atoms. The van der Waals surface area contributed by atoms with Gasteiger partial charge in [-0.25, -0.2) is 13.2 Å². The number of rotatable bonds is 5. The van der Waals surface area contributed by atoms with Crippen LogP contribution in [0.5, 0.6) is 0 Å². The van der Waals surface area contributed by atoms with Crippen LogP contribution >= 0.6 is 0 Å². The van der Waals surface area contributed by atoms with Gasteiger partial charge in [-0.2, -0.15) is 0 Å². The van der Waals surface area contributed by atoms with Crippen molar-refractivity contribution < 1.29 is 18.0 Å². The summed E-state index contributed by atoms with van der Waals surface area (Å²) in [5, 5.41) is 12.5. The lowest BCUT2D eigenvalue weighted by atomic mass is 10.2. The summed E-state index contributed by atoms with van der Waals surface area (Å²) in [7, 11) is 0. The predicted molar refractivity (Wildman–Crippen MR) is 90.1 cm³/mol. The Balaban J connectivity index is 1.65. The number of para-hydroxylation sites is 1. The number of hydrogen-bond acceptors (Lipinski definition) is 4. The van der Waals surface area contributed by atoms with E-state index in [1.54, 1.807) is 18.2 Å². The summed E-state index contributed by atoms with van der Waals surface area (Å²) >= 11 is 0. The third kappa shape index (κ3) is 3.97. The van der Waals surface area contributed by atoms with Crippen LogP contribution in [-0.4, -0.2) is 16.1 Å². The van der Waals surface area contributed by atoms with E-state index in [1.165, 1.54) is 24.3 Å². The highest BCUT2D eigenvalue weighted by atomic mass is 19.1. The van der Waals surface area contributed by atoms with Crippen molar-refractivity contribution in [3.63, 3.8) is 0 Å². The average Bonchev–Trinajstić information content (AvgIpc) is 2.64. The van der Waals surface area contributed by atoms with Crippen LogP contribution in [0, 0.1) is 17.5 Å². The summed E-state index contributed by atoms with van der Waals surface area (Å²) in [5.74, 6) is -2.62. The van der Waals surface area contributed by atoms with Gasteiger partial charge in [0.15, 0.2) is 5.69 Å². The second kappa shape index (κ2) is 7.64. The molecule has 0 saturated carbocycles. The third-order valence-electron chi connectivity index (χ3n) is 3.52. The Labute approximate surface area is 146 Å². The fourth-order valence-electron chi connectivity index (χ4n) is 2.17. The molecule has 1 aromatic heterocycles. The molecule has 1 amide bonds. The molecule has 132 valence electrons. The molecule has 0 unspecified atom stereocenters. The first-order valence-electron chi connectivity index (χ1n) is 7.61. The molecule has 3 aromatic rings. The molecule has 26 heavy (non-hydrogen) atoms. The van der Waals surface area contributed by atoms with E-state index in [1.807, 2.05) is 0 Å². The molecule has 0 aliphatic rings. The summed E-state index contributed by atoms with van der Waals surface area (Å²) in [6.07, 6.45) is 0. The fourth-order valence-corrected chi connectivity index (χ4v) is 2.17. The molecule has 2 aromatic carbocycles. The van der Waals surface area contributed by atoms with Crippen LogP contribution in [-0.2, 0) is 6.54 Å². The maximum atomic E-state index is 13.6. The van der Waals surface area contributed by atoms with Crippen LogP contribution in [0.15, 0.2) is 54.6 Å². The van der Waals surface area contributed by atoms with Gasteiger partial charge >= 0.3 is 0 Å². The number of benzene rings is 2. The van der Waals surface area contributed by atoms with Crippen molar-refractivity contribution >= 4 is 17.4 Å². The lowest BCUT2D eigenvalue weighted by Gasteiger charge is -2.08. The standard InChI is InChI=1S/C18H13F3N4O/c19-12-5-2-1-4-11(12)10-22-16-9-8-15(24-25-16)18(26)23-17-13(20)6-3-7-14(17)21/h1-9H,10H2,(H,22,25)(H,23,26). The number of hydrogen-bond donors (Lipinski definition) is 2. The Morgan fingerprint density at radius 2 is 1.54 bits per heavy atom. The van der Waals surface area contributed by atoms with E-state index in [2.05, 4.69) is 20.8 Å². The van der Waals surface area contributed by atoms with Crippen LogP contribution in [0.4, 0.5) is 24.7 Å². The molecule has 0 aliphatic heterocycles. The van der Waals surface area contributed by atoms with E-state index in [0.717, 1.165) is 12.1 Å². The molecule has 1 heterocycles. The smallest absolute Gasteiger partial charge is 0.276 e. The van der Waals surface area contributed by atoms with E-state index in [9.17, 15) is 18.0 Å². The van der Waals surface area contributed by atoms with E-state index in [-0.39, 0.29) is 18.1 Å². The summed E-state index contributed by atoms with van der Waals surface area (Å²) < 4.78 is 40.7. The molecular formula is C18H13F3N4O. The van der Waals surface area contributed by atoms with Crippen LogP contribution in [0.3, 0.4) is 0 Å². The van der Waals surface area contributed by atoms with Gasteiger partial charge in [0.1, 0.15) is 29.0 Å². The highest BCUT2D eigenvalue weighted by molar-refractivity contribution is 6.02. The predicted octanol–water partition coefficient (Wildman–Crippen LogP) is 3.76. The zero-order valence-electron chi connectivity index (χ0n) is 13.3. The summed E-state index contributed by atoms with van der Waals surface area (Å²) in [4.78, 5) is 12.0. The Kier molecular flexibility index (Phi) is 5.12. The minimum atomic E-state index is -0.894. The van der Waals surface area contributed by atoms with Crippen molar-refractivity contribution in [2.75, 3.05) is 10.6 Å². The van der Waals surface area contributed by atoms with Crippen LogP contribution in [0.1, 0.15) is 16.1 Å². The van der Waals surface area contributed by atoms with Crippen molar-refractivity contribution in [2.45, 2.75) is 6.54 Å². The molecule has 0 radical (unpaired) electrons. The molecule has 8 heteroatoms. The fraction of sp³-hybridized carbons (Fsp3) is 0.0556. The van der Waals surface area contributed by atoms with Crippen LogP contribution in [0.2, 0.25) is 0 Å². The van der Waals surface area contributed by atoms with Crippen molar-refractivity contribution in [2.24, 2.45) is 0 Å². The van der Waals surface area contributed by atoms with Crippen molar-refractivity contribution in [1.29, 1.82) is 0 Å². The van der Waals surface area contributed by atoms with Gasteiger partial charge in [0, 0.05) is 12.1 Å². The minimum absolute atomic E-state index is 0.121. The molecular weight excluding hydrogens is 345 g/mol. The molecule has 0 fully saturated rings. The van der Waals surface area contributed by atoms with Crippen LogP contribution < -0.4 is 10.6 Å². The number of amides is 1. The first-order valence-corrected chi connectivity index (χ1v) is 7.61. The first-order chi connectivity index (χ1) is 12.5. The second-order valence-electron chi connectivity index (χ2n) is 5.30. The molecule has 3 rings (SSSR count). The van der Waals surface area contributed by atoms with Crippen molar-refractivity contribution in [3.8, 4) is 0 Å². The Morgan fingerprint density at radius 1 is 0.846 bits per heavy atom. The number of carbonyl (C=O) groups is 1. The monoisotopic (exact) mass is 358 g/mol. The summed E-state index contributed by atoms with van der Waals surface area (Å²) in [6.45, 7) is 0.188. The van der Waals surface area contributed by atoms with E-state index >= 15 is 0 Å². The first kappa shape index (κ1) is 17.4. The molecule has 5 nitrogen and oxygen atoms in total. The van der Waals surface area contributed by atoms with E-state index in [4.69, 9.17) is 0 Å². The van der Waals surface area contributed by atoms with Gasteiger partial charge in [0.05, 0.1) is 0 Å². The number of nitrogens with zero attached hydrogens (tertiary/aromatic N) is 2. The van der Waals surface area contributed by atoms with E-state index < -0.39 is 23.2 Å². The molecule has 0 bridgehead atoms. The Hall–Kier alpha value is -3.42. The molecule has 2 N–H and O–H groups in total. The maximum absolute atomic E-state index is 13.6. The second-order valence-corrected chi connectivity index (χ2v) is 5.30. The van der Waals surface area contributed by atoms with Crippen molar-refractivity contribution in [3.05, 3.63) is 83.3 Å². The van der Waals surface area contributed by atoms with E-state index in [0.29, 0.717) is 11.4 Å². The quantitative estimate of drug-likeness (QED) is 0.729. The molecule has 0 saturated heterocycles. The normalized spacial score (nSPS) is 10.4. The van der Waals surface area contributed by atoms with Crippen LogP contribution in [0.25, 0.3) is 0 Å². The largest absolute Gasteiger partial charge is 0.364 e. The Morgan fingerprint density at radius 3 is 2.19 bits per heavy atom. The lowest BCUT2D eigenvalue weighted by Crippen LogP contribution is -2.16. The lowest BCUT2D eigenvalue weighted by molar-refractivity contribution is 0.102. The van der Waals surface area contributed by atoms with Gasteiger partial charge in [-0.1, -0.05) is 24.3 Å². The average molecular weight is 358 g/mol. The van der Waals surface area contributed by atoms with Gasteiger partial charge in [-0.15, -0.1) is 10.2 Å². The zero-order valence-corrected chi connectivity index (χ0v) is 13.3. The van der Waals surface area contributed by atoms with Gasteiger partial charge in [0.2, 0.25) is 0 Å². The Bertz CT molecular complexity index is 912. The number of anilines is 2. The minimum Gasteiger partial charge on any atom is -0.364 e. The molecule has 0 atom stereocenters. The highest BCUT2D eigenvalue weighted by Crippen LogP contribution is 2.18. The highest BCUT2D eigenvalue weighted by Gasteiger charge is 2.14. The number of carbonyl (C=O) groups excluding carboxylic acids is 1. The summed E-state index contributed by atoms with van der Waals surface area (Å²) in [6, 6.07) is 12.3. The zero-order chi connectivity index (χ0) is 18.5. The van der Waals surface area contributed by atoms with Gasteiger partial charge < -0.3 is 10.6 Å². The SMILES string of the molecule is O=C(Nc1c(F)cccc1F)c1ccc(NCc2ccccc2F)nn1. The van der Waals surface area contributed by atoms with Gasteiger partial charge in [-0.05, 0) is 30.3 Å². The molecule has 0 aliphatic carbocycles. The van der Waals surface area contributed by atoms with Gasteiger partial charge in [0.25, 0.3) is 5.91 Å². The number of nitrogens with one attached hydrogen (secondary N) is 2. The maximum Gasteiger partial charge on any atom is 0.276 e.